The average Bonchev–Trinajstić information content (AvgIpc) is 2.69. The van der Waals surface area contributed by atoms with Crippen molar-refractivity contribution < 1.29 is 0 Å². The number of hydrogen-bond donors (Lipinski definition) is 0. The van der Waals surface area contributed by atoms with Crippen molar-refractivity contribution in [3.05, 3.63) is 69.7 Å². The molecule has 1 aliphatic carbocycles. The lowest BCUT2D eigenvalue weighted by Crippen LogP contribution is -2.40. The Morgan fingerprint density at radius 3 is 2.23 bits per heavy atom. The first-order valence-corrected chi connectivity index (χ1v) is 11.9. The molecule has 0 aromatic heterocycles. The average molecular weight is 443 g/mol. The third-order valence-corrected chi connectivity index (χ3v) is 7.32. The first-order valence-electron chi connectivity index (χ1n) is 11.1. The predicted octanol–water partition coefficient (Wildman–Crippen LogP) is 7.29. The summed E-state index contributed by atoms with van der Waals surface area (Å²) >= 11 is 13.2. The van der Waals surface area contributed by atoms with Crippen molar-refractivity contribution in [2.24, 2.45) is 5.92 Å². The summed E-state index contributed by atoms with van der Waals surface area (Å²) in [6, 6.07) is 19.4. The van der Waals surface area contributed by atoms with Crippen molar-refractivity contribution in [2.45, 2.75) is 63.8 Å². The molecule has 0 spiro atoms. The van der Waals surface area contributed by atoms with E-state index in [0.717, 1.165) is 50.8 Å². The summed E-state index contributed by atoms with van der Waals surface area (Å²) in [6.07, 6.45) is 6.14. The van der Waals surface area contributed by atoms with Gasteiger partial charge in [0.1, 0.15) is 0 Å². The summed E-state index contributed by atoms with van der Waals surface area (Å²) in [5.74, 6) is 0.344. The number of nitrogens with zero attached hydrogens (tertiary/aromatic N) is 2. The molecule has 1 aliphatic rings. The van der Waals surface area contributed by atoms with Gasteiger partial charge in [-0.05, 0) is 76.1 Å². The van der Waals surface area contributed by atoms with Crippen molar-refractivity contribution in [1.82, 2.24) is 4.90 Å². The Bertz CT molecular complexity index is 835. The number of hydrogen-bond acceptors (Lipinski definition) is 2. The van der Waals surface area contributed by atoms with Crippen LogP contribution in [0.2, 0.25) is 10.0 Å². The maximum atomic E-state index is 10.4. The molecule has 1 unspecified atom stereocenters. The fourth-order valence-electron chi connectivity index (χ4n) is 4.67. The molecule has 1 fully saturated rings. The Kier molecular flexibility index (Phi) is 8.23. The molecule has 4 heteroatoms. The van der Waals surface area contributed by atoms with E-state index in [4.69, 9.17) is 23.2 Å². The van der Waals surface area contributed by atoms with Gasteiger partial charge in [-0.25, -0.2) is 0 Å². The molecule has 2 aromatic rings. The van der Waals surface area contributed by atoms with Gasteiger partial charge in [0.05, 0.1) is 11.5 Å². The highest BCUT2D eigenvalue weighted by atomic mass is 35.5. The van der Waals surface area contributed by atoms with Gasteiger partial charge in [0.25, 0.3) is 0 Å². The number of nitriles is 1. The highest BCUT2D eigenvalue weighted by Gasteiger charge is 2.45. The lowest BCUT2D eigenvalue weighted by Gasteiger charge is -2.42. The van der Waals surface area contributed by atoms with Crippen LogP contribution in [0.5, 0.6) is 0 Å². The van der Waals surface area contributed by atoms with Crippen molar-refractivity contribution in [2.75, 3.05) is 13.1 Å². The molecule has 0 heterocycles. The van der Waals surface area contributed by atoms with Crippen LogP contribution in [0.1, 0.15) is 57.1 Å². The summed E-state index contributed by atoms with van der Waals surface area (Å²) in [6.45, 7) is 6.50. The monoisotopic (exact) mass is 442 g/mol. The highest BCUT2D eigenvalue weighted by molar-refractivity contribution is 6.36. The minimum absolute atomic E-state index is 0.344. The molecule has 0 aliphatic heterocycles. The van der Waals surface area contributed by atoms with E-state index in [2.05, 4.69) is 55.1 Å². The van der Waals surface area contributed by atoms with E-state index in [1.807, 2.05) is 18.2 Å². The van der Waals surface area contributed by atoms with Gasteiger partial charge in [-0.15, -0.1) is 0 Å². The Hall–Kier alpha value is -1.53. The summed E-state index contributed by atoms with van der Waals surface area (Å²) in [7, 11) is 0. The molecular weight excluding hydrogens is 411 g/mol. The van der Waals surface area contributed by atoms with E-state index in [-0.39, 0.29) is 0 Å². The molecule has 30 heavy (non-hydrogen) atoms. The summed E-state index contributed by atoms with van der Waals surface area (Å²) in [5, 5.41) is 11.6. The summed E-state index contributed by atoms with van der Waals surface area (Å²) < 4.78 is 0. The largest absolute Gasteiger partial charge is 0.301 e. The zero-order chi connectivity index (χ0) is 21.6. The van der Waals surface area contributed by atoms with Gasteiger partial charge in [-0.3, -0.25) is 0 Å². The second-order valence-corrected chi connectivity index (χ2v) is 9.59. The van der Waals surface area contributed by atoms with E-state index in [1.54, 1.807) is 0 Å². The topological polar surface area (TPSA) is 27.0 Å². The van der Waals surface area contributed by atoms with Crippen LogP contribution >= 0.6 is 23.2 Å². The molecule has 0 radical (unpaired) electrons. The van der Waals surface area contributed by atoms with Crippen LogP contribution in [-0.2, 0) is 11.8 Å². The molecule has 0 saturated heterocycles. The molecule has 160 valence electrons. The maximum Gasteiger partial charge on any atom is 0.0879 e. The number of rotatable bonds is 10. The van der Waals surface area contributed by atoms with Crippen LogP contribution in [0.25, 0.3) is 0 Å². The van der Waals surface area contributed by atoms with Crippen molar-refractivity contribution >= 4 is 23.2 Å². The summed E-state index contributed by atoms with van der Waals surface area (Å²) in [5.41, 5.74) is 1.63. The van der Waals surface area contributed by atoms with Crippen LogP contribution in [-0.4, -0.2) is 24.0 Å². The minimum Gasteiger partial charge on any atom is -0.301 e. The number of benzene rings is 2. The van der Waals surface area contributed by atoms with Gasteiger partial charge in [0.2, 0.25) is 0 Å². The van der Waals surface area contributed by atoms with Gasteiger partial charge >= 0.3 is 0 Å². The second-order valence-electron chi connectivity index (χ2n) is 8.78. The molecule has 3 rings (SSSR count). The zero-order valence-electron chi connectivity index (χ0n) is 18.1. The maximum absolute atomic E-state index is 10.4. The predicted molar refractivity (Wildman–Crippen MR) is 127 cm³/mol. The first kappa shape index (κ1) is 23.1. The van der Waals surface area contributed by atoms with Crippen LogP contribution in [0.3, 0.4) is 0 Å². The molecular formula is C26H32Cl2N2. The van der Waals surface area contributed by atoms with Gasteiger partial charge in [0.15, 0.2) is 0 Å². The van der Waals surface area contributed by atoms with Crippen LogP contribution < -0.4 is 0 Å². The zero-order valence-corrected chi connectivity index (χ0v) is 19.6. The van der Waals surface area contributed by atoms with E-state index >= 15 is 0 Å². The molecule has 2 nitrogen and oxygen atoms in total. The van der Waals surface area contributed by atoms with E-state index in [0.29, 0.717) is 22.0 Å². The second kappa shape index (κ2) is 10.7. The van der Waals surface area contributed by atoms with Crippen molar-refractivity contribution in [3.8, 4) is 6.07 Å². The molecule has 0 amide bonds. The highest BCUT2D eigenvalue weighted by Crippen LogP contribution is 2.50. The smallest absolute Gasteiger partial charge is 0.0879 e. The van der Waals surface area contributed by atoms with E-state index in [1.165, 1.54) is 12.0 Å². The normalized spacial score (nSPS) is 16.3. The first-order chi connectivity index (χ1) is 14.5. The lowest BCUT2D eigenvalue weighted by atomic mass is 9.60. The molecule has 1 atom stereocenters. The molecule has 0 N–H and O–H groups in total. The third kappa shape index (κ3) is 5.20. The quantitative estimate of drug-likeness (QED) is 0.386. The van der Waals surface area contributed by atoms with Crippen molar-refractivity contribution in [3.63, 3.8) is 0 Å². The Morgan fingerprint density at radius 2 is 1.70 bits per heavy atom. The Balaban J connectivity index is 1.71. The van der Waals surface area contributed by atoms with E-state index in [9.17, 15) is 5.26 Å². The Labute approximate surface area is 191 Å². The fourth-order valence-corrected chi connectivity index (χ4v) is 5.40. The Morgan fingerprint density at radius 1 is 1.03 bits per heavy atom. The summed E-state index contributed by atoms with van der Waals surface area (Å²) in [4.78, 5) is 2.52. The minimum atomic E-state index is -0.588. The van der Waals surface area contributed by atoms with Crippen LogP contribution in [0, 0.1) is 17.2 Å². The third-order valence-electron chi connectivity index (χ3n) is 6.69. The van der Waals surface area contributed by atoms with Crippen molar-refractivity contribution in [1.29, 1.82) is 5.26 Å². The van der Waals surface area contributed by atoms with Gasteiger partial charge < -0.3 is 4.90 Å². The van der Waals surface area contributed by atoms with Gasteiger partial charge in [-0.1, -0.05) is 66.0 Å². The molecule has 2 aromatic carbocycles. The van der Waals surface area contributed by atoms with Gasteiger partial charge in [0, 0.05) is 28.2 Å². The molecule has 0 bridgehead atoms. The standard InChI is InChI=1S/C26H32Cl2N2/c1-20(2)30(18-15-21-9-4-3-5-10-21)17-8-16-26(19-29,22-11-6-12-22)25-23(27)13-7-14-24(25)28/h3-5,7,9-10,13-14,20,22H,6,8,11-12,15-18H2,1-2H3. The van der Waals surface area contributed by atoms with Crippen LogP contribution in [0.15, 0.2) is 48.5 Å². The van der Waals surface area contributed by atoms with Crippen LogP contribution in [0.4, 0.5) is 0 Å². The van der Waals surface area contributed by atoms with Gasteiger partial charge in [-0.2, -0.15) is 5.26 Å². The molecule has 1 saturated carbocycles. The SMILES string of the molecule is CC(C)N(CCCC(C#N)(c1c(Cl)cccc1Cl)C1CCC1)CCc1ccccc1. The van der Waals surface area contributed by atoms with E-state index < -0.39 is 5.41 Å². The fraction of sp³-hybridized carbons (Fsp3) is 0.500. The number of halogens is 2. The lowest BCUT2D eigenvalue weighted by molar-refractivity contribution is 0.174.